The van der Waals surface area contributed by atoms with Gasteiger partial charge in [0.25, 0.3) is 0 Å². The van der Waals surface area contributed by atoms with Gasteiger partial charge in [0.1, 0.15) is 0 Å². The van der Waals surface area contributed by atoms with Crippen molar-refractivity contribution in [1.29, 1.82) is 0 Å². The first-order valence-electron chi connectivity index (χ1n) is 6.85. The van der Waals surface area contributed by atoms with Crippen LogP contribution in [-0.4, -0.2) is 52.7 Å². The first kappa shape index (κ1) is 16.8. The summed E-state index contributed by atoms with van der Waals surface area (Å²) in [5.41, 5.74) is 0. The Bertz CT molecular complexity index is 120. The molecular weight excluding hydrogens is 218 g/mol. The molecule has 0 spiro atoms. The molecule has 0 aromatic rings. The quantitative estimate of drug-likeness (QED) is 0.475. The van der Waals surface area contributed by atoms with Crippen molar-refractivity contribution in [2.75, 3.05) is 52.7 Å². The molecule has 0 rings (SSSR count). The van der Waals surface area contributed by atoms with Gasteiger partial charge in [0.15, 0.2) is 0 Å². The molecule has 0 heterocycles. The first-order valence-corrected chi connectivity index (χ1v) is 6.85. The standard InChI is InChI=1S/C13H29NO3/c1-3-9-16-12-13-17-11-8-14-7-5-6-10-15-4-2/h14H,3-13H2,1-2H3. The molecule has 0 radical (unpaired) electrons. The average molecular weight is 247 g/mol. The Labute approximate surface area is 106 Å². The van der Waals surface area contributed by atoms with Gasteiger partial charge in [-0.3, -0.25) is 0 Å². The van der Waals surface area contributed by atoms with Gasteiger partial charge in [0.05, 0.1) is 19.8 Å². The Morgan fingerprint density at radius 3 is 2.18 bits per heavy atom. The summed E-state index contributed by atoms with van der Waals surface area (Å²) in [5.74, 6) is 0. The fourth-order valence-corrected chi connectivity index (χ4v) is 1.33. The Morgan fingerprint density at radius 1 is 0.706 bits per heavy atom. The van der Waals surface area contributed by atoms with E-state index in [1.807, 2.05) is 6.92 Å². The molecule has 0 unspecified atom stereocenters. The van der Waals surface area contributed by atoms with Crippen LogP contribution in [0.1, 0.15) is 33.1 Å². The summed E-state index contributed by atoms with van der Waals surface area (Å²) in [7, 11) is 0. The monoisotopic (exact) mass is 247 g/mol. The molecule has 0 aromatic carbocycles. The van der Waals surface area contributed by atoms with Gasteiger partial charge in [0.2, 0.25) is 0 Å². The minimum Gasteiger partial charge on any atom is -0.382 e. The van der Waals surface area contributed by atoms with E-state index in [4.69, 9.17) is 14.2 Å². The van der Waals surface area contributed by atoms with E-state index < -0.39 is 0 Å². The van der Waals surface area contributed by atoms with Crippen molar-refractivity contribution >= 4 is 0 Å². The minimum absolute atomic E-state index is 0.700. The molecule has 0 fully saturated rings. The smallest absolute Gasteiger partial charge is 0.0701 e. The fraction of sp³-hybridized carbons (Fsp3) is 1.00. The van der Waals surface area contributed by atoms with Crippen LogP contribution in [0.5, 0.6) is 0 Å². The number of ether oxygens (including phenoxy) is 3. The van der Waals surface area contributed by atoms with Crippen molar-refractivity contribution in [2.24, 2.45) is 0 Å². The number of rotatable bonds is 14. The highest BCUT2D eigenvalue weighted by Crippen LogP contribution is 1.88. The molecule has 4 nitrogen and oxygen atoms in total. The third-order valence-corrected chi connectivity index (χ3v) is 2.24. The highest BCUT2D eigenvalue weighted by molar-refractivity contribution is 4.47. The third-order valence-electron chi connectivity index (χ3n) is 2.24. The van der Waals surface area contributed by atoms with E-state index in [9.17, 15) is 0 Å². The zero-order valence-electron chi connectivity index (χ0n) is 11.5. The van der Waals surface area contributed by atoms with Crippen molar-refractivity contribution in [3.63, 3.8) is 0 Å². The molecule has 0 aliphatic rings. The second-order valence-corrected chi connectivity index (χ2v) is 3.88. The summed E-state index contributed by atoms with van der Waals surface area (Å²) >= 11 is 0. The second-order valence-electron chi connectivity index (χ2n) is 3.88. The molecular formula is C13H29NO3. The zero-order valence-corrected chi connectivity index (χ0v) is 11.5. The second kappa shape index (κ2) is 15.8. The summed E-state index contributed by atoms with van der Waals surface area (Å²) in [6.07, 6.45) is 3.37. The van der Waals surface area contributed by atoms with E-state index >= 15 is 0 Å². The lowest BCUT2D eigenvalue weighted by atomic mass is 10.3. The number of nitrogens with one attached hydrogen (secondary N) is 1. The van der Waals surface area contributed by atoms with Crippen LogP contribution in [0.25, 0.3) is 0 Å². The fourth-order valence-electron chi connectivity index (χ4n) is 1.33. The summed E-state index contributed by atoms with van der Waals surface area (Å²) in [6.45, 7) is 10.8. The van der Waals surface area contributed by atoms with E-state index in [0.29, 0.717) is 13.2 Å². The van der Waals surface area contributed by atoms with Gasteiger partial charge >= 0.3 is 0 Å². The predicted molar refractivity (Wildman–Crippen MR) is 70.5 cm³/mol. The van der Waals surface area contributed by atoms with Crippen LogP contribution in [0.15, 0.2) is 0 Å². The summed E-state index contributed by atoms with van der Waals surface area (Å²) in [4.78, 5) is 0. The van der Waals surface area contributed by atoms with Crippen LogP contribution in [-0.2, 0) is 14.2 Å². The first-order chi connectivity index (χ1) is 8.41. The van der Waals surface area contributed by atoms with Gasteiger partial charge in [-0.1, -0.05) is 6.92 Å². The van der Waals surface area contributed by atoms with Crippen LogP contribution >= 0.6 is 0 Å². The van der Waals surface area contributed by atoms with Gasteiger partial charge < -0.3 is 19.5 Å². The van der Waals surface area contributed by atoms with E-state index in [-0.39, 0.29) is 0 Å². The molecule has 0 aliphatic carbocycles. The molecule has 0 bridgehead atoms. The number of hydrogen-bond donors (Lipinski definition) is 1. The molecule has 0 atom stereocenters. The lowest BCUT2D eigenvalue weighted by molar-refractivity contribution is 0.0491. The third kappa shape index (κ3) is 15.8. The molecule has 17 heavy (non-hydrogen) atoms. The number of unbranched alkanes of at least 4 members (excludes halogenated alkanes) is 1. The van der Waals surface area contributed by atoms with Gasteiger partial charge in [-0.05, 0) is 32.7 Å². The zero-order chi connectivity index (χ0) is 12.6. The maximum atomic E-state index is 5.41. The van der Waals surface area contributed by atoms with Crippen LogP contribution in [0.3, 0.4) is 0 Å². The average Bonchev–Trinajstić information content (AvgIpc) is 2.35. The molecule has 0 aliphatic heterocycles. The van der Waals surface area contributed by atoms with E-state index in [0.717, 1.165) is 52.4 Å². The van der Waals surface area contributed by atoms with Crippen LogP contribution < -0.4 is 5.32 Å². The van der Waals surface area contributed by atoms with E-state index in [1.54, 1.807) is 0 Å². The molecule has 0 amide bonds. The molecule has 104 valence electrons. The van der Waals surface area contributed by atoms with E-state index in [1.165, 1.54) is 6.42 Å². The highest BCUT2D eigenvalue weighted by Gasteiger charge is 1.91. The normalized spacial score (nSPS) is 10.9. The minimum atomic E-state index is 0.700. The Morgan fingerprint density at radius 2 is 1.47 bits per heavy atom. The van der Waals surface area contributed by atoms with Crippen molar-refractivity contribution in [3.8, 4) is 0 Å². The van der Waals surface area contributed by atoms with Crippen LogP contribution in [0.4, 0.5) is 0 Å². The summed E-state index contributed by atoms with van der Waals surface area (Å²) in [6, 6.07) is 0. The van der Waals surface area contributed by atoms with Crippen LogP contribution in [0, 0.1) is 0 Å². The maximum Gasteiger partial charge on any atom is 0.0701 e. The van der Waals surface area contributed by atoms with Crippen molar-refractivity contribution in [3.05, 3.63) is 0 Å². The van der Waals surface area contributed by atoms with Crippen molar-refractivity contribution in [1.82, 2.24) is 5.32 Å². The predicted octanol–water partition coefficient (Wildman–Crippen LogP) is 1.84. The lowest BCUT2D eigenvalue weighted by Gasteiger charge is -2.06. The Hall–Kier alpha value is -0.160. The van der Waals surface area contributed by atoms with Gasteiger partial charge in [0, 0.05) is 26.4 Å². The van der Waals surface area contributed by atoms with Crippen LogP contribution in [0.2, 0.25) is 0 Å². The number of hydrogen-bond acceptors (Lipinski definition) is 4. The van der Waals surface area contributed by atoms with Crippen molar-refractivity contribution < 1.29 is 14.2 Å². The highest BCUT2D eigenvalue weighted by atomic mass is 16.5. The summed E-state index contributed by atoms with van der Waals surface area (Å²) < 4.78 is 16.0. The SMILES string of the molecule is CCCOCCOCCNCCCCOCC. The molecule has 0 aromatic heterocycles. The molecule has 0 saturated carbocycles. The molecule has 0 saturated heterocycles. The maximum absolute atomic E-state index is 5.41. The topological polar surface area (TPSA) is 39.7 Å². The van der Waals surface area contributed by atoms with Gasteiger partial charge in [-0.2, -0.15) is 0 Å². The lowest BCUT2D eigenvalue weighted by Crippen LogP contribution is -2.22. The molecule has 1 N–H and O–H groups in total. The molecule has 4 heteroatoms. The van der Waals surface area contributed by atoms with Crippen molar-refractivity contribution in [2.45, 2.75) is 33.1 Å². The Kier molecular flexibility index (Phi) is 15.7. The largest absolute Gasteiger partial charge is 0.382 e. The van der Waals surface area contributed by atoms with Gasteiger partial charge in [-0.25, -0.2) is 0 Å². The van der Waals surface area contributed by atoms with Gasteiger partial charge in [-0.15, -0.1) is 0 Å². The van der Waals surface area contributed by atoms with E-state index in [2.05, 4.69) is 12.2 Å². The summed E-state index contributed by atoms with van der Waals surface area (Å²) in [5, 5.41) is 3.34. The Balaban J connectivity index is 2.85.